The van der Waals surface area contributed by atoms with Crippen LogP contribution in [-0.2, 0) is 4.74 Å². The van der Waals surface area contributed by atoms with Crippen molar-refractivity contribution in [1.82, 2.24) is 0 Å². The second kappa shape index (κ2) is 4.75. The molecule has 0 N–H and O–H groups in total. The van der Waals surface area contributed by atoms with E-state index in [1.807, 2.05) is 6.92 Å². The number of nitrogens with zero attached hydrogens (tertiary/aromatic N) is 1. The van der Waals surface area contributed by atoms with Gasteiger partial charge in [-0.05, 0) is 6.92 Å². The molecule has 0 rings (SSSR count). The second-order valence-electron chi connectivity index (χ2n) is 3.44. The molecule has 0 saturated heterocycles. The molecular formula is C10H17NO. The fraction of sp³-hybridized carbons (Fsp3) is 0.500. The maximum absolute atomic E-state index is 5.22. The molecule has 0 aromatic rings. The summed E-state index contributed by atoms with van der Waals surface area (Å²) < 4.78 is 5.22. The van der Waals surface area contributed by atoms with E-state index in [4.69, 9.17) is 4.74 Å². The van der Waals surface area contributed by atoms with Crippen LogP contribution in [0.5, 0.6) is 0 Å². The van der Waals surface area contributed by atoms with Crippen molar-refractivity contribution in [2.45, 2.75) is 27.7 Å². The van der Waals surface area contributed by atoms with E-state index < -0.39 is 0 Å². The SMILES string of the molecule is C=CO/C(=C\N=C\C)C(C)(C)C. The molecule has 0 amide bonds. The van der Waals surface area contributed by atoms with Gasteiger partial charge in [0, 0.05) is 11.6 Å². The molecule has 0 aromatic heterocycles. The van der Waals surface area contributed by atoms with E-state index in [9.17, 15) is 0 Å². The van der Waals surface area contributed by atoms with E-state index in [1.165, 1.54) is 6.26 Å². The Hall–Kier alpha value is -1.05. The van der Waals surface area contributed by atoms with Gasteiger partial charge in [-0.1, -0.05) is 27.4 Å². The summed E-state index contributed by atoms with van der Waals surface area (Å²) in [6, 6.07) is 0. The summed E-state index contributed by atoms with van der Waals surface area (Å²) >= 11 is 0. The Kier molecular flexibility index (Phi) is 4.34. The number of aliphatic imine (C=N–C) groups is 1. The van der Waals surface area contributed by atoms with Crippen molar-refractivity contribution in [3.05, 3.63) is 24.8 Å². The molecule has 0 bridgehead atoms. The lowest BCUT2D eigenvalue weighted by Gasteiger charge is -2.20. The summed E-state index contributed by atoms with van der Waals surface area (Å²) in [6.45, 7) is 11.6. The highest BCUT2D eigenvalue weighted by molar-refractivity contribution is 5.54. The average molecular weight is 167 g/mol. The van der Waals surface area contributed by atoms with E-state index in [2.05, 4.69) is 32.3 Å². The Balaban J connectivity index is 4.53. The summed E-state index contributed by atoms with van der Waals surface area (Å²) in [7, 11) is 0. The van der Waals surface area contributed by atoms with Crippen molar-refractivity contribution in [1.29, 1.82) is 0 Å². The molecule has 2 heteroatoms. The van der Waals surface area contributed by atoms with Gasteiger partial charge in [-0.2, -0.15) is 0 Å². The van der Waals surface area contributed by atoms with Crippen LogP contribution in [-0.4, -0.2) is 6.21 Å². The van der Waals surface area contributed by atoms with E-state index in [-0.39, 0.29) is 5.41 Å². The average Bonchev–Trinajstić information content (AvgIpc) is 1.95. The van der Waals surface area contributed by atoms with Gasteiger partial charge in [0.15, 0.2) is 0 Å². The Morgan fingerprint density at radius 2 is 2.00 bits per heavy atom. The summed E-state index contributed by atoms with van der Waals surface area (Å²) in [6.07, 6.45) is 4.85. The molecule has 0 radical (unpaired) electrons. The molecule has 0 spiro atoms. The van der Waals surface area contributed by atoms with E-state index in [0.29, 0.717) is 0 Å². The van der Waals surface area contributed by atoms with Crippen LogP contribution in [0.15, 0.2) is 29.8 Å². The fourth-order valence-electron chi connectivity index (χ4n) is 0.633. The van der Waals surface area contributed by atoms with Gasteiger partial charge in [-0.3, -0.25) is 4.99 Å². The highest BCUT2D eigenvalue weighted by atomic mass is 16.5. The maximum atomic E-state index is 5.22. The minimum absolute atomic E-state index is 0.0271. The number of ether oxygens (including phenoxy) is 1. The monoisotopic (exact) mass is 167 g/mol. The van der Waals surface area contributed by atoms with E-state index in [0.717, 1.165) is 5.76 Å². The zero-order valence-electron chi connectivity index (χ0n) is 8.29. The molecule has 0 aliphatic rings. The molecule has 0 saturated carbocycles. The Labute approximate surface area is 74.7 Å². The number of allylic oxidation sites excluding steroid dienone is 1. The first kappa shape index (κ1) is 11.0. The summed E-state index contributed by atoms with van der Waals surface area (Å²) in [5.74, 6) is 0.815. The van der Waals surface area contributed by atoms with E-state index >= 15 is 0 Å². The molecule has 0 unspecified atom stereocenters. The van der Waals surface area contributed by atoms with Crippen molar-refractivity contribution in [2.24, 2.45) is 10.4 Å². The van der Waals surface area contributed by atoms with Gasteiger partial charge in [0.05, 0.1) is 12.5 Å². The van der Waals surface area contributed by atoms with Crippen LogP contribution in [0.1, 0.15) is 27.7 Å². The molecule has 0 fully saturated rings. The smallest absolute Gasteiger partial charge is 0.127 e. The van der Waals surface area contributed by atoms with Gasteiger partial charge >= 0.3 is 0 Å². The molecular weight excluding hydrogens is 150 g/mol. The van der Waals surface area contributed by atoms with Crippen molar-refractivity contribution in [2.75, 3.05) is 0 Å². The van der Waals surface area contributed by atoms with Crippen molar-refractivity contribution in [3.8, 4) is 0 Å². The largest absolute Gasteiger partial charge is 0.468 e. The summed E-state index contributed by atoms with van der Waals surface area (Å²) in [5.41, 5.74) is -0.0271. The third-order valence-electron chi connectivity index (χ3n) is 1.29. The highest BCUT2D eigenvalue weighted by Crippen LogP contribution is 2.26. The lowest BCUT2D eigenvalue weighted by Crippen LogP contribution is -2.10. The van der Waals surface area contributed by atoms with Crippen LogP contribution < -0.4 is 0 Å². The third kappa shape index (κ3) is 3.96. The lowest BCUT2D eigenvalue weighted by atomic mass is 9.94. The molecule has 0 aliphatic heterocycles. The Bertz CT molecular complexity index is 196. The standard InChI is InChI=1S/C10H17NO/c1-6-11-8-9(12-7-2)10(3,4)5/h6-8H,2H2,1,3-5H3/b9-8-,11-6+. The first-order valence-electron chi connectivity index (χ1n) is 3.98. The molecule has 68 valence electrons. The third-order valence-corrected chi connectivity index (χ3v) is 1.29. The van der Waals surface area contributed by atoms with Crippen LogP contribution in [0, 0.1) is 5.41 Å². The van der Waals surface area contributed by atoms with Crippen LogP contribution >= 0.6 is 0 Å². The fourth-order valence-corrected chi connectivity index (χ4v) is 0.633. The predicted octanol–water partition coefficient (Wildman–Crippen LogP) is 3.12. The van der Waals surface area contributed by atoms with Crippen LogP contribution in [0.4, 0.5) is 0 Å². The van der Waals surface area contributed by atoms with Gasteiger partial charge in [0.1, 0.15) is 5.76 Å². The minimum atomic E-state index is -0.0271. The molecule has 2 nitrogen and oxygen atoms in total. The van der Waals surface area contributed by atoms with Crippen LogP contribution in [0.2, 0.25) is 0 Å². The van der Waals surface area contributed by atoms with Gasteiger partial charge in [0.25, 0.3) is 0 Å². The zero-order valence-corrected chi connectivity index (χ0v) is 8.29. The summed E-state index contributed by atoms with van der Waals surface area (Å²) in [4.78, 5) is 4.00. The highest BCUT2D eigenvalue weighted by Gasteiger charge is 2.17. The van der Waals surface area contributed by atoms with E-state index in [1.54, 1.807) is 12.4 Å². The number of rotatable bonds is 3. The van der Waals surface area contributed by atoms with Crippen molar-refractivity contribution < 1.29 is 4.74 Å². The number of hydrogen-bond donors (Lipinski definition) is 0. The number of hydrogen-bond acceptors (Lipinski definition) is 2. The normalized spacial score (nSPS) is 13.5. The summed E-state index contributed by atoms with van der Waals surface area (Å²) in [5, 5.41) is 0. The lowest BCUT2D eigenvalue weighted by molar-refractivity contribution is 0.245. The first-order valence-corrected chi connectivity index (χ1v) is 3.98. The van der Waals surface area contributed by atoms with Gasteiger partial charge < -0.3 is 4.74 Å². The van der Waals surface area contributed by atoms with Gasteiger partial charge in [-0.25, -0.2) is 0 Å². The van der Waals surface area contributed by atoms with Crippen molar-refractivity contribution in [3.63, 3.8) is 0 Å². The quantitative estimate of drug-likeness (QED) is 0.467. The maximum Gasteiger partial charge on any atom is 0.127 e. The van der Waals surface area contributed by atoms with Crippen LogP contribution in [0.3, 0.4) is 0 Å². The Morgan fingerprint density at radius 1 is 1.42 bits per heavy atom. The second-order valence-corrected chi connectivity index (χ2v) is 3.44. The minimum Gasteiger partial charge on any atom is -0.468 e. The topological polar surface area (TPSA) is 21.6 Å². The Morgan fingerprint density at radius 3 is 2.33 bits per heavy atom. The molecule has 0 aliphatic carbocycles. The molecule has 0 heterocycles. The molecule has 12 heavy (non-hydrogen) atoms. The zero-order chi connectivity index (χ0) is 9.61. The first-order chi connectivity index (χ1) is 5.52. The van der Waals surface area contributed by atoms with Gasteiger partial charge in [0.2, 0.25) is 0 Å². The molecule has 0 aromatic carbocycles. The van der Waals surface area contributed by atoms with Gasteiger partial charge in [-0.15, -0.1) is 0 Å². The predicted molar refractivity (Wildman–Crippen MR) is 53.0 cm³/mol. The molecule has 0 atom stereocenters. The van der Waals surface area contributed by atoms with Crippen molar-refractivity contribution >= 4 is 6.21 Å². The van der Waals surface area contributed by atoms with Crippen LogP contribution in [0.25, 0.3) is 0 Å².